The van der Waals surface area contributed by atoms with Crippen LogP contribution in [0.4, 0.5) is 8.78 Å². The van der Waals surface area contributed by atoms with Crippen molar-refractivity contribution in [3.05, 3.63) is 35.4 Å². The van der Waals surface area contributed by atoms with Gasteiger partial charge in [-0.3, -0.25) is 0 Å². The van der Waals surface area contributed by atoms with Gasteiger partial charge in [-0.05, 0) is 36.8 Å². The van der Waals surface area contributed by atoms with Gasteiger partial charge < -0.3 is 5.73 Å². The molecule has 1 fully saturated rings. The summed E-state index contributed by atoms with van der Waals surface area (Å²) in [6.07, 6.45) is 3.69. The van der Waals surface area contributed by atoms with E-state index in [0.717, 1.165) is 25.3 Å². The maximum absolute atomic E-state index is 13.4. The van der Waals surface area contributed by atoms with Crippen molar-refractivity contribution in [1.82, 2.24) is 0 Å². The summed E-state index contributed by atoms with van der Waals surface area (Å²) in [6.45, 7) is 0. The van der Waals surface area contributed by atoms with Gasteiger partial charge in [0.2, 0.25) is 0 Å². The third-order valence-corrected chi connectivity index (χ3v) is 3.23. The monoisotopic (exact) mass is 211 g/mol. The highest BCUT2D eigenvalue weighted by Crippen LogP contribution is 2.28. The van der Waals surface area contributed by atoms with Gasteiger partial charge in [0.05, 0.1) is 0 Å². The number of halogens is 2. The van der Waals surface area contributed by atoms with Crippen molar-refractivity contribution in [2.45, 2.75) is 31.7 Å². The third-order valence-electron chi connectivity index (χ3n) is 3.23. The third kappa shape index (κ3) is 2.17. The Kier molecular flexibility index (Phi) is 3.00. The lowest BCUT2D eigenvalue weighted by molar-refractivity contribution is 0.450. The Balaban J connectivity index is 2.13. The van der Waals surface area contributed by atoms with Crippen LogP contribution in [0.2, 0.25) is 0 Å². The van der Waals surface area contributed by atoms with E-state index in [-0.39, 0.29) is 6.04 Å². The molecule has 1 aliphatic rings. The van der Waals surface area contributed by atoms with E-state index >= 15 is 0 Å². The average molecular weight is 211 g/mol. The van der Waals surface area contributed by atoms with E-state index in [0.29, 0.717) is 17.9 Å². The highest BCUT2D eigenvalue weighted by atomic mass is 19.2. The van der Waals surface area contributed by atoms with Crippen molar-refractivity contribution >= 4 is 0 Å². The van der Waals surface area contributed by atoms with Gasteiger partial charge in [-0.25, -0.2) is 8.78 Å². The molecule has 1 saturated carbocycles. The van der Waals surface area contributed by atoms with Gasteiger partial charge in [-0.15, -0.1) is 0 Å². The molecule has 0 bridgehead atoms. The van der Waals surface area contributed by atoms with Crippen LogP contribution in [0, 0.1) is 17.6 Å². The molecule has 0 amide bonds. The second-order valence-corrected chi connectivity index (χ2v) is 4.27. The topological polar surface area (TPSA) is 26.0 Å². The van der Waals surface area contributed by atoms with Gasteiger partial charge in [0.1, 0.15) is 0 Å². The van der Waals surface area contributed by atoms with Gasteiger partial charge in [-0.1, -0.05) is 18.6 Å². The average Bonchev–Trinajstić information content (AvgIpc) is 2.60. The van der Waals surface area contributed by atoms with Crippen LogP contribution in [0.1, 0.15) is 24.8 Å². The Morgan fingerprint density at radius 3 is 2.73 bits per heavy atom. The predicted octanol–water partition coefficient (Wildman–Crippen LogP) is 2.63. The SMILES string of the molecule is NC1CCCC1Cc1cccc(F)c1F. The first-order valence-electron chi connectivity index (χ1n) is 5.37. The van der Waals surface area contributed by atoms with E-state index in [2.05, 4.69) is 0 Å². The molecule has 1 aliphatic carbocycles. The molecule has 0 spiro atoms. The summed E-state index contributed by atoms with van der Waals surface area (Å²) in [4.78, 5) is 0. The summed E-state index contributed by atoms with van der Waals surface area (Å²) >= 11 is 0. The number of rotatable bonds is 2. The Morgan fingerprint density at radius 2 is 2.07 bits per heavy atom. The summed E-state index contributed by atoms with van der Waals surface area (Å²) in [7, 11) is 0. The molecule has 1 aromatic carbocycles. The minimum atomic E-state index is -0.765. The van der Waals surface area contributed by atoms with E-state index in [9.17, 15) is 8.78 Å². The lowest BCUT2D eigenvalue weighted by atomic mass is 9.95. The number of hydrogen-bond acceptors (Lipinski definition) is 1. The fraction of sp³-hybridized carbons (Fsp3) is 0.500. The summed E-state index contributed by atoms with van der Waals surface area (Å²) in [6, 6.07) is 4.48. The van der Waals surface area contributed by atoms with Gasteiger partial charge in [0, 0.05) is 6.04 Å². The van der Waals surface area contributed by atoms with Crippen molar-refractivity contribution in [3.63, 3.8) is 0 Å². The Labute approximate surface area is 88.3 Å². The van der Waals surface area contributed by atoms with Gasteiger partial charge in [0.25, 0.3) is 0 Å². The molecule has 0 heterocycles. The van der Waals surface area contributed by atoms with E-state index in [4.69, 9.17) is 5.73 Å². The van der Waals surface area contributed by atoms with Gasteiger partial charge in [0.15, 0.2) is 11.6 Å². The van der Waals surface area contributed by atoms with Crippen molar-refractivity contribution < 1.29 is 8.78 Å². The fourth-order valence-electron chi connectivity index (χ4n) is 2.31. The first-order valence-corrected chi connectivity index (χ1v) is 5.37. The molecular formula is C12H15F2N. The zero-order chi connectivity index (χ0) is 10.8. The maximum atomic E-state index is 13.4. The molecule has 0 radical (unpaired) electrons. The Hall–Kier alpha value is -0.960. The quantitative estimate of drug-likeness (QED) is 0.799. The van der Waals surface area contributed by atoms with Crippen LogP contribution >= 0.6 is 0 Å². The second kappa shape index (κ2) is 4.27. The minimum absolute atomic E-state index is 0.146. The zero-order valence-electron chi connectivity index (χ0n) is 8.55. The highest BCUT2D eigenvalue weighted by molar-refractivity contribution is 5.20. The van der Waals surface area contributed by atoms with Crippen LogP contribution in [0.25, 0.3) is 0 Å². The highest BCUT2D eigenvalue weighted by Gasteiger charge is 2.25. The molecule has 0 aromatic heterocycles. The van der Waals surface area contributed by atoms with E-state index < -0.39 is 11.6 Å². The van der Waals surface area contributed by atoms with Crippen molar-refractivity contribution in [3.8, 4) is 0 Å². The standard InChI is InChI=1S/C12H15F2N/c13-10-5-1-4-9(12(10)14)7-8-3-2-6-11(8)15/h1,4-5,8,11H,2-3,6-7,15H2. The fourth-order valence-corrected chi connectivity index (χ4v) is 2.31. The molecule has 2 unspecified atom stereocenters. The lowest BCUT2D eigenvalue weighted by Crippen LogP contribution is -2.26. The normalized spacial score (nSPS) is 25.8. The number of benzene rings is 1. The maximum Gasteiger partial charge on any atom is 0.162 e. The molecule has 1 nitrogen and oxygen atoms in total. The largest absolute Gasteiger partial charge is 0.327 e. The van der Waals surface area contributed by atoms with Crippen LogP contribution < -0.4 is 5.73 Å². The zero-order valence-corrected chi connectivity index (χ0v) is 8.55. The first kappa shape index (κ1) is 10.6. The molecule has 82 valence electrons. The summed E-state index contributed by atoms with van der Waals surface area (Å²) in [5, 5.41) is 0. The van der Waals surface area contributed by atoms with Gasteiger partial charge >= 0.3 is 0 Å². The van der Waals surface area contributed by atoms with E-state index in [1.54, 1.807) is 12.1 Å². The van der Waals surface area contributed by atoms with E-state index in [1.165, 1.54) is 0 Å². The summed E-state index contributed by atoms with van der Waals surface area (Å²) < 4.78 is 26.3. The van der Waals surface area contributed by atoms with Crippen LogP contribution in [0.15, 0.2) is 18.2 Å². The van der Waals surface area contributed by atoms with Crippen LogP contribution in [-0.2, 0) is 6.42 Å². The summed E-state index contributed by atoms with van der Waals surface area (Å²) in [5.41, 5.74) is 6.35. The Morgan fingerprint density at radius 1 is 1.27 bits per heavy atom. The van der Waals surface area contributed by atoms with Crippen LogP contribution in [0.3, 0.4) is 0 Å². The lowest BCUT2D eigenvalue weighted by Gasteiger charge is -2.15. The molecule has 0 aliphatic heterocycles. The second-order valence-electron chi connectivity index (χ2n) is 4.27. The van der Waals surface area contributed by atoms with Crippen molar-refractivity contribution in [2.24, 2.45) is 11.7 Å². The molecule has 0 saturated heterocycles. The molecule has 2 rings (SSSR count). The number of hydrogen-bond donors (Lipinski definition) is 1. The predicted molar refractivity (Wildman–Crippen MR) is 55.4 cm³/mol. The minimum Gasteiger partial charge on any atom is -0.327 e. The van der Waals surface area contributed by atoms with Crippen molar-refractivity contribution in [1.29, 1.82) is 0 Å². The molecule has 2 atom stereocenters. The molecule has 3 heteroatoms. The summed E-state index contributed by atoms with van der Waals surface area (Å²) in [5.74, 6) is -1.17. The first-order chi connectivity index (χ1) is 7.18. The van der Waals surface area contributed by atoms with Gasteiger partial charge in [-0.2, -0.15) is 0 Å². The van der Waals surface area contributed by atoms with Crippen molar-refractivity contribution in [2.75, 3.05) is 0 Å². The smallest absolute Gasteiger partial charge is 0.162 e. The Bertz CT molecular complexity index is 351. The molecule has 2 N–H and O–H groups in total. The molecular weight excluding hydrogens is 196 g/mol. The van der Waals surface area contributed by atoms with Crippen LogP contribution in [-0.4, -0.2) is 6.04 Å². The number of nitrogens with two attached hydrogens (primary N) is 1. The van der Waals surface area contributed by atoms with Crippen LogP contribution in [0.5, 0.6) is 0 Å². The molecule has 1 aromatic rings. The van der Waals surface area contributed by atoms with E-state index in [1.807, 2.05) is 0 Å². The molecule has 15 heavy (non-hydrogen) atoms.